The summed E-state index contributed by atoms with van der Waals surface area (Å²) < 4.78 is 27.1. The number of hydrogen-bond donors (Lipinski definition) is 1. The minimum absolute atomic E-state index is 0.0417. The zero-order valence-corrected chi connectivity index (χ0v) is 17.9. The lowest BCUT2D eigenvalue weighted by Gasteiger charge is -2.34. The largest absolute Gasteiger partial charge is 0.336 e. The predicted octanol–water partition coefficient (Wildman–Crippen LogP) is 3.10. The Balaban J connectivity index is 1.67. The average molecular weight is 456 g/mol. The Kier molecular flexibility index (Phi) is 6.48. The lowest BCUT2D eigenvalue weighted by Crippen LogP contribution is -2.50. The van der Waals surface area contributed by atoms with Crippen molar-refractivity contribution in [1.29, 1.82) is 0 Å². The third-order valence-electron chi connectivity index (χ3n) is 4.49. The summed E-state index contributed by atoms with van der Waals surface area (Å²) in [5, 5.41) is 3.03. The maximum atomic E-state index is 12.9. The van der Waals surface area contributed by atoms with Crippen molar-refractivity contribution in [2.75, 3.05) is 31.5 Å². The smallest absolute Gasteiger partial charge is 0.253 e. The molecule has 1 aliphatic rings. The van der Waals surface area contributed by atoms with E-state index in [4.69, 9.17) is 23.2 Å². The lowest BCUT2D eigenvalue weighted by atomic mass is 10.1. The molecule has 0 bridgehead atoms. The van der Waals surface area contributed by atoms with Crippen molar-refractivity contribution in [3.05, 3.63) is 58.1 Å². The van der Waals surface area contributed by atoms with Crippen LogP contribution in [0, 0.1) is 0 Å². The molecule has 0 radical (unpaired) electrons. The zero-order chi connectivity index (χ0) is 21.2. The van der Waals surface area contributed by atoms with Gasteiger partial charge in [0.15, 0.2) is 0 Å². The van der Waals surface area contributed by atoms with Crippen molar-refractivity contribution in [3.8, 4) is 0 Å². The van der Waals surface area contributed by atoms with Gasteiger partial charge in [0.05, 0.1) is 5.02 Å². The van der Waals surface area contributed by atoms with Crippen LogP contribution in [0.15, 0.2) is 47.4 Å². The predicted molar refractivity (Wildman–Crippen MR) is 112 cm³/mol. The van der Waals surface area contributed by atoms with Gasteiger partial charge in [-0.05, 0) is 42.5 Å². The third-order valence-corrected chi connectivity index (χ3v) is 7.10. The molecule has 154 valence electrons. The van der Waals surface area contributed by atoms with E-state index in [-0.39, 0.29) is 52.9 Å². The first-order chi connectivity index (χ1) is 13.7. The van der Waals surface area contributed by atoms with Crippen LogP contribution >= 0.6 is 23.2 Å². The maximum absolute atomic E-state index is 12.9. The molecule has 1 saturated heterocycles. The van der Waals surface area contributed by atoms with Gasteiger partial charge >= 0.3 is 0 Å². The topological polar surface area (TPSA) is 86.8 Å². The van der Waals surface area contributed by atoms with Gasteiger partial charge in [-0.2, -0.15) is 4.31 Å². The van der Waals surface area contributed by atoms with Crippen molar-refractivity contribution >= 4 is 50.7 Å². The minimum Gasteiger partial charge on any atom is -0.336 e. The first-order valence-corrected chi connectivity index (χ1v) is 11.0. The quantitative estimate of drug-likeness (QED) is 0.766. The van der Waals surface area contributed by atoms with Crippen LogP contribution in [0.25, 0.3) is 0 Å². The van der Waals surface area contributed by atoms with E-state index in [0.29, 0.717) is 11.3 Å². The summed E-state index contributed by atoms with van der Waals surface area (Å²) in [5.74, 6) is -0.390. The van der Waals surface area contributed by atoms with Crippen LogP contribution in [0.1, 0.15) is 17.3 Å². The normalized spacial score (nSPS) is 15.2. The zero-order valence-electron chi connectivity index (χ0n) is 15.6. The fourth-order valence-corrected chi connectivity index (χ4v) is 5.19. The van der Waals surface area contributed by atoms with Gasteiger partial charge < -0.3 is 10.2 Å². The molecule has 0 saturated carbocycles. The number of halogens is 2. The average Bonchev–Trinajstić information content (AvgIpc) is 2.69. The fourth-order valence-electron chi connectivity index (χ4n) is 3.03. The Morgan fingerprint density at radius 2 is 1.59 bits per heavy atom. The van der Waals surface area contributed by atoms with E-state index in [1.807, 2.05) is 0 Å². The molecule has 0 atom stereocenters. The number of nitrogens with zero attached hydrogens (tertiary/aromatic N) is 2. The Morgan fingerprint density at radius 1 is 0.966 bits per heavy atom. The third kappa shape index (κ3) is 4.90. The van der Waals surface area contributed by atoms with Crippen LogP contribution in [0.5, 0.6) is 0 Å². The molecule has 3 rings (SSSR count). The second-order valence-electron chi connectivity index (χ2n) is 6.53. The SMILES string of the molecule is CC(=O)Nc1ccc(C(=O)N2CCN(S(=O)(=O)c3cc(Cl)ccc3Cl)CC2)cc1. The number of benzene rings is 2. The molecule has 29 heavy (non-hydrogen) atoms. The van der Waals surface area contributed by atoms with Crippen LogP contribution in [0.3, 0.4) is 0 Å². The summed E-state index contributed by atoms with van der Waals surface area (Å²) in [5.41, 5.74) is 1.07. The Hall–Kier alpha value is -2.13. The highest BCUT2D eigenvalue weighted by Crippen LogP contribution is 2.28. The molecule has 2 aromatic rings. The number of hydrogen-bond acceptors (Lipinski definition) is 4. The van der Waals surface area contributed by atoms with Crippen LogP contribution in [-0.4, -0.2) is 55.6 Å². The van der Waals surface area contributed by atoms with E-state index in [2.05, 4.69) is 5.32 Å². The molecule has 10 heteroatoms. The Bertz CT molecular complexity index is 1030. The molecule has 0 unspecified atom stereocenters. The first-order valence-electron chi connectivity index (χ1n) is 8.80. The van der Waals surface area contributed by atoms with Gasteiger partial charge in [0.1, 0.15) is 4.90 Å². The van der Waals surface area contributed by atoms with Crippen LogP contribution in [-0.2, 0) is 14.8 Å². The van der Waals surface area contributed by atoms with Gasteiger partial charge in [-0.15, -0.1) is 0 Å². The molecule has 0 aliphatic carbocycles. The highest BCUT2D eigenvalue weighted by atomic mass is 35.5. The number of rotatable bonds is 4. The number of amides is 2. The van der Waals surface area contributed by atoms with Crippen molar-refractivity contribution in [1.82, 2.24) is 9.21 Å². The second kappa shape index (κ2) is 8.71. The van der Waals surface area contributed by atoms with Gasteiger partial charge in [0.25, 0.3) is 5.91 Å². The molecule has 1 fully saturated rings. The maximum Gasteiger partial charge on any atom is 0.253 e. The van der Waals surface area contributed by atoms with Gasteiger partial charge in [-0.3, -0.25) is 9.59 Å². The lowest BCUT2D eigenvalue weighted by molar-refractivity contribution is -0.114. The van der Waals surface area contributed by atoms with Crippen LogP contribution in [0.2, 0.25) is 10.0 Å². The number of carbonyl (C=O) groups is 2. The molecule has 2 aromatic carbocycles. The van der Waals surface area contributed by atoms with Crippen molar-refractivity contribution in [2.24, 2.45) is 0 Å². The molecule has 2 amide bonds. The monoisotopic (exact) mass is 455 g/mol. The van der Waals surface area contributed by atoms with E-state index < -0.39 is 10.0 Å². The summed E-state index contributed by atoms with van der Waals surface area (Å²) in [6, 6.07) is 10.9. The van der Waals surface area contributed by atoms with Crippen molar-refractivity contribution in [3.63, 3.8) is 0 Å². The highest BCUT2D eigenvalue weighted by Gasteiger charge is 2.31. The molecule has 1 heterocycles. The van der Waals surface area contributed by atoms with Gasteiger partial charge in [-0.1, -0.05) is 23.2 Å². The molecule has 7 nitrogen and oxygen atoms in total. The molecule has 1 N–H and O–H groups in total. The summed E-state index contributed by atoms with van der Waals surface area (Å²) in [6.45, 7) is 2.22. The number of nitrogens with one attached hydrogen (secondary N) is 1. The molecule has 0 spiro atoms. The number of anilines is 1. The van der Waals surface area contributed by atoms with Crippen LogP contribution < -0.4 is 5.32 Å². The summed E-state index contributed by atoms with van der Waals surface area (Å²) in [4.78, 5) is 25.3. The summed E-state index contributed by atoms with van der Waals surface area (Å²) in [7, 11) is -3.81. The molecular formula is C19H19Cl2N3O4S. The van der Waals surface area contributed by atoms with Crippen LogP contribution in [0.4, 0.5) is 5.69 Å². The van der Waals surface area contributed by atoms with E-state index in [1.165, 1.54) is 29.4 Å². The Morgan fingerprint density at radius 3 is 2.17 bits per heavy atom. The molecular weight excluding hydrogens is 437 g/mol. The highest BCUT2D eigenvalue weighted by molar-refractivity contribution is 7.89. The first kappa shape index (κ1) is 21.6. The van der Waals surface area contributed by atoms with E-state index in [1.54, 1.807) is 29.2 Å². The van der Waals surface area contributed by atoms with Crippen molar-refractivity contribution in [2.45, 2.75) is 11.8 Å². The fraction of sp³-hybridized carbons (Fsp3) is 0.263. The number of carbonyl (C=O) groups excluding carboxylic acids is 2. The number of piperazine rings is 1. The van der Waals surface area contributed by atoms with Gasteiger partial charge in [0, 0.05) is 49.4 Å². The van der Waals surface area contributed by atoms with E-state index >= 15 is 0 Å². The number of sulfonamides is 1. The van der Waals surface area contributed by atoms with Gasteiger partial charge in [-0.25, -0.2) is 8.42 Å². The Labute approximate surface area is 179 Å². The van der Waals surface area contributed by atoms with E-state index in [0.717, 1.165) is 0 Å². The molecule has 0 aromatic heterocycles. The summed E-state index contributed by atoms with van der Waals surface area (Å²) in [6.07, 6.45) is 0. The minimum atomic E-state index is -3.81. The van der Waals surface area contributed by atoms with E-state index in [9.17, 15) is 18.0 Å². The summed E-state index contributed by atoms with van der Waals surface area (Å²) >= 11 is 12.0. The second-order valence-corrected chi connectivity index (χ2v) is 9.28. The standard InChI is InChI=1S/C19H19Cl2N3O4S/c1-13(25)22-16-5-2-14(3-6-16)19(26)23-8-10-24(11-9-23)29(27,28)18-12-15(20)4-7-17(18)21/h2-7,12H,8-11H2,1H3,(H,22,25). The van der Waals surface area contributed by atoms with Crippen molar-refractivity contribution < 1.29 is 18.0 Å². The van der Waals surface area contributed by atoms with Gasteiger partial charge in [0.2, 0.25) is 15.9 Å². The molecule has 1 aliphatic heterocycles.